The molecular weight excluding hydrogens is 163 g/mol. The maximum absolute atomic E-state index is 9.12. The molecule has 0 aliphatic heterocycles. The molecule has 0 aliphatic rings. The molecule has 0 bridgehead atoms. The van der Waals surface area contributed by atoms with Crippen molar-refractivity contribution in [3.8, 4) is 0 Å². The zero-order valence-corrected chi connectivity index (χ0v) is 5.19. The van der Waals surface area contributed by atoms with Gasteiger partial charge in [-0.15, -0.1) is 12.4 Å². The van der Waals surface area contributed by atoms with Crippen LogP contribution >= 0.6 is 12.4 Å². The van der Waals surface area contributed by atoms with Gasteiger partial charge in [0.25, 0.3) is 0 Å². The van der Waals surface area contributed by atoms with Crippen molar-refractivity contribution >= 4 is 18.4 Å². The van der Waals surface area contributed by atoms with Crippen LogP contribution in [0.2, 0.25) is 0 Å². The van der Waals surface area contributed by atoms with E-state index in [1.54, 1.807) is 0 Å². The van der Waals surface area contributed by atoms with E-state index in [9.17, 15) is 0 Å². The Hall–Kier alpha value is 0.239. The summed E-state index contributed by atoms with van der Waals surface area (Å²) in [5, 5.41) is 15.0. The summed E-state index contributed by atoms with van der Waals surface area (Å²) >= 11 is 0. The van der Waals surface area contributed by atoms with Crippen molar-refractivity contribution in [2.24, 2.45) is 0 Å². The summed E-state index contributed by atoms with van der Waals surface area (Å²) < 4.78 is 0. The van der Waals surface area contributed by atoms with Crippen molar-refractivity contribution in [1.29, 1.82) is 0 Å². The number of aliphatic carboxylic acids is 1. The maximum atomic E-state index is 9.12. The summed E-state index contributed by atoms with van der Waals surface area (Å²) in [5.41, 5.74) is 0. The van der Waals surface area contributed by atoms with E-state index in [-0.39, 0.29) is 29.5 Å². The van der Waals surface area contributed by atoms with E-state index in [4.69, 9.17) is 15.0 Å². The number of hydrogen-bond acceptors (Lipinski definition) is 2. The monoisotopic (exact) mass is 168 g/mol. The van der Waals surface area contributed by atoms with Crippen molar-refractivity contribution in [1.82, 2.24) is 0 Å². The van der Waals surface area contributed by atoms with Crippen LogP contribution in [-0.4, -0.2) is 22.8 Å². The standard InChI is InChI=1S/C2H4O3.ClH.Fe/c3-1-2(4)5;;/h3H,1H2,(H,4,5);1H;. The van der Waals surface area contributed by atoms with Gasteiger partial charge in [0.05, 0.1) is 0 Å². The molecule has 5 heteroatoms. The van der Waals surface area contributed by atoms with E-state index in [0.717, 1.165) is 0 Å². The van der Waals surface area contributed by atoms with Crippen molar-refractivity contribution in [2.45, 2.75) is 0 Å². The number of halogens is 1. The summed E-state index contributed by atoms with van der Waals surface area (Å²) in [6, 6.07) is 0. The summed E-state index contributed by atoms with van der Waals surface area (Å²) in [4.78, 5) is 9.12. The quantitative estimate of drug-likeness (QED) is 0.518. The van der Waals surface area contributed by atoms with Crippen molar-refractivity contribution < 1.29 is 32.1 Å². The predicted octanol–water partition coefficient (Wildman–Crippen LogP) is -0.517. The van der Waals surface area contributed by atoms with Crippen molar-refractivity contribution in [2.75, 3.05) is 6.61 Å². The van der Waals surface area contributed by atoms with Gasteiger partial charge in [0.2, 0.25) is 0 Å². The number of aliphatic hydroxyl groups excluding tert-OH is 1. The Morgan fingerprint density at radius 2 is 1.71 bits per heavy atom. The zero-order valence-electron chi connectivity index (χ0n) is 3.27. The molecule has 0 aromatic rings. The maximum Gasteiger partial charge on any atom is 0.329 e. The van der Waals surface area contributed by atoms with Gasteiger partial charge in [-0.1, -0.05) is 0 Å². The molecule has 3 nitrogen and oxygen atoms in total. The van der Waals surface area contributed by atoms with Gasteiger partial charge >= 0.3 is 5.97 Å². The minimum Gasteiger partial charge on any atom is -0.480 e. The average Bonchev–Trinajstić information content (AvgIpc) is 1.38. The zero-order chi connectivity index (χ0) is 4.28. The number of hydrogen-bond donors (Lipinski definition) is 2. The van der Waals surface area contributed by atoms with E-state index in [1.807, 2.05) is 0 Å². The second kappa shape index (κ2) is 9.53. The third kappa shape index (κ3) is 22.4. The molecule has 0 atom stereocenters. The van der Waals surface area contributed by atoms with Crippen LogP contribution in [-0.2, 0) is 21.9 Å². The Labute approximate surface area is 57.6 Å². The van der Waals surface area contributed by atoms with Gasteiger partial charge in [0.1, 0.15) is 6.61 Å². The molecule has 0 spiro atoms. The molecule has 46 valence electrons. The first-order valence-corrected chi connectivity index (χ1v) is 1.10. The van der Waals surface area contributed by atoms with E-state index in [0.29, 0.717) is 0 Å². The Kier molecular flexibility index (Phi) is 21.3. The van der Waals surface area contributed by atoms with Crippen LogP contribution in [0, 0.1) is 0 Å². The first kappa shape index (κ1) is 15.7. The fourth-order valence-corrected chi connectivity index (χ4v) is 0. The molecule has 0 fully saturated rings. The third-order valence-corrected chi connectivity index (χ3v) is 0.135. The number of aliphatic hydroxyl groups is 1. The summed E-state index contributed by atoms with van der Waals surface area (Å²) in [6.45, 7) is -0.778. The van der Waals surface area contributed by atoms with Gasteiger partial charge in [-0.05, 0) is 0 Å². The Bertz CT molecular complexity index is 48.2. The normalized spacial score (nSPS) is 5.29. The van der Waals surface area contributed by atoms with Crippen LogP contribution in [0.3, 0.4) is 0 Å². The molecule has 2 N–H and O–H groups in total. The molecule has 0 rings (SSSR count). The van der Waals surface area contributed by atoms with E-state index in [1.165, 1.54) is 0 Å². The fourth-order valence-electron chi connectivity index (χ4n) is 0. The Morgan fingerprint density at radius 1 is 1.57 bits per heavy atom. The Morgan fingerprint density at radius 3 is 1.71 bits per heavy atom. The topological polar surface area (TPSA) is 57.5 Å². The van der Waals surface area contributed by atoms with Crippen LogP contribution in [0.4, 0.5) is 0 Å². The van der Waals surface area contributed by atoms with Gasteiger partial charge in [-0.25, -0.2) is 4.79 Å². The molecule has 0 aliphatic carbocycles. The Balaban J connectivity index is -0.0000000800. The molecule has 0 heterocycles. The summed E-state index contributed by atoms with van der Waals surface area (Å²) in [7, 11) is 0. The second-order valence-corrected chi connectivity index (χ2v) is 0.552. The van der Waals surface area contributed by atoms with Crippen LogP contribution in [0.15, 0.2) is 0 Å². The minimum absolute atomic E-state index is 0. The van der Waals surface area contributed by atoms with Gasteiger partial charge < -0.3 is 10.2 Å². The average molecular weight is 168 g/mol. The number of carboxylic acids is 1. The summed E-state index contributed by atoms with van der Waals surface area (Å²) in [6.07, 6.45) is 0. The molecule has 0 saturated heterocycles. The molecule has 0 aromatic heterocycles. The van der Waals surface area contributed by atoms with Gasteiger partial charge in [0.15, 0.2) is 0 Å². The third-order valence-electron chi connectivity index (χ3n) is 0.135. The first-order chi connectivity index (χ1) is 2.27. The minimum atomic E-state index is -1.19. The molecule has 0 unspecified atom stereocenters. The van der Waals surface area contributed by atoms with E-state index < -0.39 is 12.6 Å². The van der Waals surface area contributed by atoms with Crippen LogP contribution in [0.5, 0.6) is 0 Å². The van der Waals surface area contributed by atoms with Gasteiger partial charge in [-0.3, -0.25) is 0 Å². The largest absolute Gasteiger partial charge is 0.480 e. The summed E-state index contributed by atoms with van der Waals surface area (Å²) in [5.74, 6) is -1.19. The van der Waals surface area contributed by atoms with Gasteiger partial charge in [-0.2, -0.15) is 0 Å². The van der Waals surface area contributed by atoms with Crippen LogP contribution in [0.25, 0.3) is 0 Å². The first-order valence-electron chi connectivity index (χ1n) is 1.10. The van der Waals surface area contributed by atoms with Crippen LogP contribution < -0.4 is 0 Å². The smallest absolute Gasteiger partial charge is 0.329 e. The van der Waals surface area contributed by atoms with Crippen molar-refractivity contribution in [3.63, 3.8) is 0 Å². The van der Waals surface area contributed by atoms with E-state index >= 15 is 0 Å². The number of carbonyl (C=O) groups is 1. The number of rotatable bonds is 1. The fraction of sp³-hybridized carbons (Fsp3) is 0.500. The van der Waals surface area contributed by atoms with Crippen LogP contribution in [0.1, 0.15) is 0 Å². The molecule has 0 aromatic carbocycles. The SMILES string of the molecule is Cl.O=C(O)CO.[Fe]. The van der Waals surface area contributed by atoms with Gasteiger partial charge in [0, 0.05) is 17.1 Å². The second-order valence-electron chi connectivity index (χ2n) is 0.552. The molecular formula is C2H5ClFeO3. The van der Waals surface area contributed by atoms with Crippen molar-refractivity contribution in [3.05, 3.63) is 0 Å². The molecule has 0 radical (unpaired) electrons. The molecule has 0 amide bonds. The van der Waals surface area contributed by atoms with E-state index in [2.05, 4.69) is 0 Å². The molecule has 7 heavy (non-hydrogen) atoms. The number of carboxylic acid groups (broad SMARTS) is 1. The molecule has 0 saturated carbocycles. The predicted molar refractivity (Wildman–Crippen MR) is 22.0 cm³/mol.